The topological polar surface area (TPSA) is 32.3 Å². The van der Waals surface area contributed by atoms with Gasteiger partial charge in [0.05, 0.1) is 0 Å². The maximum Gasteiger partial charge on any atom is 0.223 e. The summed E-state index contributed by atoms with van der Waals surface area (Å²) in [5.74, 6) is 0.487. The molecule has 0 radical (unpaired) electrons. The van der Waals surface area contributed by atoms with Gasteiger partial charge in [-0.05, 0) is 56.3 Å². The molecule has 1 aliphatic rings. The van der Waals surface area contributed by atoms with Crippen LogP contribution in [0.15, 0.2) is 11.4 Å². The minimum atomic E-state index is 0.229. The zero-order chi connectivity index (χ0) is 13.7. The highest BCUT2D eigenvalue weighted by molar-refractivity contribution is 7.10. The molecule has 2 heterocycles. The summed E-state index contributed by atoms with van der Waals surface area (Å²) in [6.07, 6.45) is 3.02. The number of carbonyl (C=O) groups is 1. The molecule has 0 spiro atoms. The van der Waals surface area contributed by atoms with E-state index < -0.39 is 0 Å². The van der Waals surface area contributed by atoms with Crippen molar-refractivity contribution in [2.45, 2.75) is 39.7 Å². The molecular formula is C15H24N2OS. The van der Waals surface area contributed by atoms with Gasteiger partial charge >= 0.3 is 0 Å². The number of likely N-dealkylation sites (tertiary alicyclic amines) is 1. The Hall–Kier alpha value is -0.870. The van der Waals surface area contributed by atoms with E-state index in [1.807, 2.05) is 11.3 Å². The first kappa shape index (κ1) is 14.5. The van der Waals surface area contributed by atoms with Crippen molar-refractivity contribution in [1.29, 1.82) is 0 Å². The molecule has 3 nitrogen and oxygen atoms in total. The summed E-state index contributed by atoms with van der Waals surface area (Å²) in [5, 5.41) is 5.18. The molecule has 0 aromatic carbocycles. The van der Waals surface area contributed by atoms with Crippen LogP contribution in [0.25, 0.3) is 0 Å². The third-order valence-electron chi connectivity index (χ3n) is 3.84. The number of amides is 1. The van der Waals surface area contributed by atoms with Crippen LogP contribution in [0.5, 0.6) is 0 Å². The first-order valence-electron chi connectivity index (χ1n) is 7.23. The lowest BCUT2D eigenvalue weighted by Gasteiger charge is -2.31. The predicted octanol–water partition coefficient (Wildman–Crippen LogP) is 2.79. The second-order valence-electron chi connectivity index (χ2n) is 5.37. The van der Waals surface area contributed by atoms with Crippen LogP contribution in [0.1, 0.15) is 36.6 Å². The molecule has 19 heavy (non-hydrogen) atoms. The van der Waals surface area contributed by atoms with Crippen molar-refractivity contribution in [1.82, 2.24) is 10.2 Å². The summed E-state index contributed by atoms with van der Waals surface area (Å²) in [4.78, 5) is 15.8. The van der Waals surface area contributed by atoms with Crippen molar-refractivity contribution < 1.29 is 4.79 Å². The van der Waals surface area contributed by atoms with Crippen LogP contribution < -0.4 is 5.32 Å². The average Bonchev–Trinajstić information content (AvgIpc) is 2.82. The zero-order valence-electron chi connectivity index (χ0n) is 11.9. The number of carbonyl (C=O) groups excluding carboxylic acids is 1. The third-order valence-corrected chi connectivity index (χ3v) is 4.85. The smallest absolute Gasteiger partial charge is 0.223 e. The van der Waals surface area contributed by atoms with Crippen molar-refractivity contribution in [2.24, 2.45) is 5.92 Å². The fourth-order valence-electron chi connectivity index (χ4n) is 2.51. The van der Waals surface area contributed by atoms with Gasteiger partial charge in [-0.15, -0.1) is 11.3 Å². The van der Waals surface area contributed by atoms with Gasteiger partial charge in [0.2, 0.25) is 5.91 Å². The van der Waals surface area contributed by atoms with Gasteiger partial charge < -0.3 is 5.32 Å². The molecule has 0 bridgehead atoms. The molecule has 0 saturated carbocycles. The zero-order valence-corrected chi connectivity index (χ0v) is 12.8. The molecule has 1 amide bonds. The lowest BCUT2D eigenvalue weighted by Crippen LogP contribution is -2.40. The first-order valence-corrected chi connectivity index (χ1v) is 8.11. The summed E-state index contributed by atoms with van der Waals surface area (Å²) in [6.45, 7) is 8.21. The molecule has 4 heteroatoms. The number of nitrogens with zero attached hydrogens (tertiary/aromatic N) is 1. The van der Waals surface area contributed by atoms with E-state index in [1.54, 1.807) is 0 Å². The van der Waals surface area contributed by atoms with E-state index in [0.717, 1.165) is 45.4 Å². The molecule has 0 aliphatic carbocycles. The van der Waals surface area contributed by atoms with E-state index in [9.17, 15) is 4.79 Å². The number of hydrogen-bond donors (Lipinski definition) is 1. The average molecular weight is 280 g/mol. The Balaban J connectivity index is 1.76. The first-order chi connectivity index (χ1) is 9.20. The van der Waals surface area contributed by atoms with Crippen molar-refractivity contribution in [3.05, 3.63) is 21.9 Å². The lowest BCUT2D eigenvalue weighted by molar-refractivity contribution is -0.126. The van der Waals surface area contributed by atoms with Gasteiger partial charge in [-0.2, -0.15) is 0 Å². The Labute approximate surface area is 120 Å². The van der Waals surface area contributed by atoms with Crippen molar-refractivity contribution in [3.63, 3.8) is 0 Å². The Morgan fingerprint density at radius 1 is 1.47 bits per heavy atom. The van der Waals surface area contributed by atoms with Crippen LogP contribution in [0.4, 0.5) is 0 Å². The monoisotopic (exact) mass is 280 g/mol. The number of aryl methyl sites for hydroxylation is 1. The molecule has 1 aliphatic heterocycles. The number of hydrogen-bond acceptors (Lipinski definition) is 3. The summed E-state index contributed by atoms with van der Waals surface area (Å²) < 4.78 is 0. The molecule has 1 aromatic heterocycles. The Kier molecular flexibility index (Phi) is 5.40. The second-order valence-corrected chi connectivity index (χ2v) is 6.37. The van der Waals surface area contributed by atoms with Crippen molar-refractivity contribution in [3.8, 4) is 0 Å². The fraction of sp³-hybridized carbons (Fsp3) is 0.667. The van der Waals surface area contributed by atoms with Crippen LogP contribution in [0.3, 0.4) is 0 Å². The molecule has 1 saturated heterocycles. The van der Waals surface area contributed by atoms with Gasteiger partial charge in [-0.3, -0.25) is 9.69 Å². The van der Waals surface area contributed by atoms with Crippen LogP contribution in [-0.2, 0) is 11.3 Å². The van der Waals surface area contributed by atoms with Crippen LogP contribution in [0.2, 0.25) is 0 Å². The Morgan fingerprint density at radius 3 is 2.79 bits per heavy atom. The summed E-state index contributed by atoms with van der Waals surface area (Å²) in [6, 6.07) is 2.19. The molecule has 1 fully saturated rings. The summed E-state index contributed by atoms with van der Waals surface area (Å²) in [5.41, 5.74) is 1.40. The van der Waals surface area contributed by atoms with E-state index in [1.165, 1.54) is 10.4 Å². The highest BCUT2D eigenvalue weighted by Crippen LogP contribution is 2.22. The van der Waals surface area contributed by atoms with E-state index in [0.29, 0.717) is 0 Å². The predicted molar refractivity (Wildman–Crippen MR) is 80.4 cm³/mol. The van der Waals surface area contributed by atoms with E-state index in [2.05, 4.69) is 35.5 Å². The molecule has 2 rings (SSSR count). The minimum Gasteiger partial charge on any atom is -0.356 e. The number of thiophene rings is 1. The van der Waals surface area contributed by atoms with Crippen molar-refractivity contribution in [2.75, 3.05) is 19.6 Å². The largest absolute Gasteiger partial charge is 0.356 e. The Morgan fingerprint density at radius 2 is 2.21 bits per heavy atom. The minimum absolute atomic E-state index is 0.229. The van der Waals surface area contributed by atoms with Gasteiger partial charge in [0, 0.05) is 23.9 Å². The number of piperidine rings is 1. The summed E-state index contributed by atoms with van der Waals surface area (Å²) in [7, 11) is 0. The van der Waals surface area contributed by atoms with E-state index in [4.69, 9.17) is 0 Å². The van der Waals surface area contributed by atoms with Gasteiger partial charge in [-0.1, -0.05) is 6.92 Å². The molecule has 0 atom stereocenters. The molecule has 106 valence electrons. The van der Waals surface area contributed by atoms with Gasteiger partial charge in [-0.25, -0.2) is 0 Å². The number of nitrogens with one attached hydrogen (secondary N) is 1. The summed E-state index contributed by atoms with van der Waals surface area (Å²) >= 11 is 1.84. The fourth-order valence-corrected chi connectivity index (χ4v) is 3.46. The Bertz CT molecular complexity index is 408. The second kappa shape index (κ2) is 7.06. The maximum absolute atomic E-state index is 11.9. The van der Waals surface area contributed by atoms with Crippen LogP contribution >= 0.6 is 11.3 Å². The van der Waals surface area contributed by atoms with E-state index in [-0.39, 0.29) is 11.8 Å². The van der Waals surface area contributed by atoms with Gasteiger partial charge in [0.1, 0.15) is 0 Å². The maximum atomic E-state index is 11.9. The standard InChI is InChI=1S/C15H24N2OS/c1-3-7-16-15(18)13-4-8-17(9-5-13)11-14-12(2)6-10-19-14/h6,10,13H,3-5,7-9,11H2,1-2H3,(H,16,18). The van der Waals surface area contributed by atoms with Crippen molar-refractivity contribution >= 4 is 17.2 Å². The quantitative estimate of drug-likeness (QED) is 0.899. The lowest BCUT2D eigenvalue weighted by atomic mass is 9.96. The van der Waals surface area contributed by atoms with Gasteiger partial charge in [0.25, 0.3) is 0 Å². The van der Waals surface area contributed by atoms with E-state index >= 15 is 0 Å². The third kappa shape index (κ3) is 4.05. The normalized spacial score (nSPS) is 17.6. The molecule has 0 unspecified atom stereocenters. The number of rotatable bonds is 5. The molecule has 1 N–H and O–H groups in total. The molecular weight excluding hydrogens is 256 g/mol. The highest BCUT2D eigenvalue weighted by Gasteiger charge is 2.24. The SMILES string of the molecule is CCCNC(=O)C1CCN(Cc2sccc2C)CC1. The van der Waals surface area contributed by atoms with Gasteiger partial charge in [0.15, 0.2) is 0 Å². The molecule has 1 aromatic rings. The van der Waals surface area contributed by atoms with Crippen LogP contribution in [0, 0.1) is 12.8 Å². The van der Waals surface area contributed by atoms with Crippen LogP contribution in [-0.4, -0.2) is 30.4 Å². The highest BCUT2D eigenvalue weighted by atomic mass is 32.1.